The van der Waals surface area contributed by atoms with Crippen LogP contribution in [0.2, 0.25) is 0 Å². The van der Waals surface area contributed by atoms with Crippen LogP contribution in [-0.4, -0.2) is 102 Å². The minimum absolute atomic E-state index is 0.000651. The van der Waals surface area contributed by atoms with Gasteiger partial charge in [0, 0.05) is 12.8 Å². The lowest BCUT2D eigenvalue weighted by atomic mass is 9.41. The first-order valence-corrected chi connectivity index (χ1v) is 17.2. The van der Waals surface area contributed by atoms with E-state index in [-0.39, 0.29) is 17.4 Å². The molecule has 0 bridgehead atoms. The molecule has 274 valence electrons. The van der Waals surface area contributed by atoms with Crippen molar-refractivity contribution in [2.45, 2.75) is 141 Å². The monoisotopic (exact) mass is 690 g/mol. The van der Waals surface area contributed by atoms with Gasteiger partial charge in [0.1, 0.15) is 35.6 Å². The Morgan fingerprint density at radius 3 is 2.31 bits per heavy atom. The number of phenolic OH excluding ortho intramolecular Hbond substituents is 1. The molecule has 4 aliphatic rings. The third-order valence-corrected chi connectivity index (χ3v) is 12.9. The summed E-state index contributed by atoms with van der Waals surface area (Å²) in [7, 11) is 0. The second-order valence-corrected chi connectivity index (χ2v) is 16.3. The highest BCUT2D eigenvalue weighted by Crippen LogP contribution is 2.73. The average molecular weight is 691 g/mol. The number of carbonyl (C=O) groups excluding carboxylic acids is 2. The second-order valence-electron chi connectivity index (χ2n) is 16.3. The van der Waals surface area contributed by atoms with Crippen LogP contribution in [0.3, 0.4) is 0 Å². The first-order chi connectivity index (χ1) is 22.6. The number of hydrogen-bond donors (Lipinski definition) is 7. The molecule has 12 atom stereocenters. The predicted octanol–water partition coefficient (Wildman–Crippen LogP) is 2.10. The molecule has 0 unspecified atom stereocenters. The molecule has 3 fully saturated rings. The summed E-state index contributed by atoms with van der Waals surface area (Å²) in [6, 6.07) is 1.75. The quantitative estimate of drug-likeness (QED) is 0.155. The summed E-state index contributed by atoms with van der Waals surface area (Å²) in [6.07, 6.45) is -2.83. The highest BCUT2D eigenvalue weighted by molar-refractivity contribution is 5.97. The molecule has 1 aromatic carbocycles. The Morgan fingerprint density at radius 2 is 1.69 bits per heavy atom. The van der Waals surface area contributed by atoms with E-state index in [0.29, 0.717) is 31.2 Å². The minimum Gasteiger partial charge on any atom is -0.504 e. The van der Waals surface area contributed by atoms with Gasteiger partial charge in [-0.05, 0) is 117 Å². The Bertz CT molecular complexity index is 1500. The molecule has 5 rings (SSSR count). The molecule has 0 spiro atoms. The fourth-order valence-corrected chi connectivity index (χ4v) is 10.2. The van der Waals surface area contributed by atoms with Crippen LogP contribution in [0, 0.1) is 29.6 Å². The third-order valence-electron chi connectivity index (χ3n) is 12.9. The predicted molar refractivity (Wildman–Crippen MR) is 177 cm³/mol. The van der Waals surface area contributed by atoms with Crippen molar-refractivity contribution in [2.75, 3.05) is 6.61 Å². The number of ether oxygens (including phenoxy) is 3. The third kappa shape index (κ3) is 5.91. The van der Waals surface area contributed by atoms with Crippen LogP contribution < -0.4 is 4.74 Å². The zero-order chi connectivity index (χ0) is 36.6. The van der Waals surface area contributed by atoms with Gasteiger partial charge in [0.15, 0.2) is 17.3 Å². The smallest absolute Gasteiger partial charge is 0.303 e. The van der Waals surface area contributed by atoms with Crippen LogP contribution in [-0.2, 0) is 30.9 Å². The normalized spacial score (nSPS) is 40.2. The van der Waals surface area contributed by atoms with Crippen LogP contribution in [0.1, 0.15) is 90.8 Å². The Labute approximate surface area is 287 Å². The Balaban J connectivity index is 1.48. The van der Waals surface area contributed by atoms with Crippen molar-refractivity contribution in [3.63, 3.8) is 0 Å². The maximum Gasteiger partial charge on any atom is 0.303 e. The average Bonchev–Trinajstić information content (AvgIpc) is 3.22. The largest absolute Gasteiger partial charge is 0.504 e. The number of benzene rings is 1. The number of carbonyl (C=O) groups is 2. The molecular weight excluding hydrogens is 636 g/mol. The number of aliphatic hydroxyl groups excluding tert-OH is 5. The van der Waals surface area contributed by atoms with Gasteiger partial charge in [-0.2, -0.15) is 0 Å². The van der Waals surface area contributed by atoms with Crippen LogP contribution in [0.25, 0.3) is 0 Å². The van der Waals surface area contributed by atoms with E-state index < -0.39 is 88.5 Å². The van der Waals surface area contributed by atoms with Gasteiger partial charge in [-0.3, -0.25) is 9.59 Å². The van der Waals surface area contributed by atoms with E-state index in [1.807, 2.05) is 0 Å². The van der Waals surface area contributed by atoms with E-state index in [0.717, 1.165) is 17.5 Å². The second kappa shape index (κ2) is 12.6. The standard InChI is InChI=1S/C37H54O12/c1-18-20-9-10-25-34(5,21(20)15-23(27(18)42)47-32-30(45)29(44)28(43)24(17-38)48-32)13-14-35(6)31(22(40)16-36(25,35)7)37(8,46)26(41)11-12-33(3,4)49-19(2)39/h11-12,15,22,24-25,28-32,38,40,42-46H,9-10,13-14,16-17H2,1-8H3/b12-11+/t22-,24-,25-,28-,29+,30-,31+,32-,34+,35-,36+,37+/m1/s1. The van der Waals surface area contributed by atoms with Gasteiger partial charge in [-0.25, -0.2) is 0 Å². The summed E-state index contributed by atoms with van der Waals surface area (Å²) in [5, 5.41) is 75.7. The molecule has 3 aliphatic carbocycles. The maximum atomic E-state index is 13.6. The summed E-state index contributed by atoms with van der Waals surface area (Å²) in [5.41, 5.74) is -2.08. The van der Waals surface area contributed by atoms with Crippen LogP contribution in [0.15, 0.2) is 18.2 Å². The molecule has 12 nitrogen and oxygen atoms in total. The number of rotatable bonds is 8. The van der Waals surface area contributed by atoms with Crippen LogP contribution in [0.5, 0.6) is 11.5 Å². The molecule has 1 saturated heterocycles. The zero-order valence-electron chi connectivity index (χ0n) is 29.8. The molecule has 2 saturated carbocycles. The van der Waals surface area contributed by atoms with E-state index in [2.05, 4.69) is 20.8 Å². The van der Waals surface area contributed by atoms with Crippen molar-refractivity contribution in [1.82, 2.24) is 0 Å². The van der Waals surface area contributed by atoms with Crippen molar-refractivity contribution in [3.05, 3.63) is 34.9 Å². The summed E-state index contributed by atoms with van der Waals surface area (Å²) in [6.45, 7) is 13.6. The van der Waals surface area contributed by atoms with Gasteiger partial charge in [-0.15, -0.1) is 0 Å². The Hall–Kier alpha value is -2.58. The lowest BCUT2D eigenvalue weighted by molar-refractivity contribution is -0.277. The van der Waals surface area contributed by atoms with Crippen molar-refractivity contribution in [3.8, 4) is 11.5 Å². The SMILES string of the molecule is CC(=O)OC(C)(C)/C=C/C(=O)[C@](C)(O)[C@H]1[C@H](O)C[C@@]2(C)[C@@H]3CCc4c(cc(O[C@@H]5O[C@H](CO)[C@@H](O)[C@H](O)[C@H]5O)c(O)c4C)[C@]3(C)CC[C@]12C. The molecule has 0 radical (unpaired) electrons. The summed E-state index contributed by atoms with van der Waals surface area (Å²) >= 11 is 0. The Kier molecular flexibility index (Phi) is 9.67. The van der Waals surface area contributed by atoms with Crippen molar-refractivity contribution >= 4 is 11.8 Å². The lowest BCUT2D eigenvalue weighted by Gasteiger charge is -2.62. The van der Waals surface area contributed by atoms with Gasteiger partial charge < -0.3 is 50.0 Å². The number of hydrogen-bond acceptors (Lipinski definition) is 12. The fraction of sp³-hybridized carbons (Fsp3) is 0.730. The van der Waals surface area contributed by atoms with Crippen LogP contribution >= 0.6 is 0 Å². The molecule has 1 aromatic rings. The first-order valence-electron chi connectivity index (χ1n) is 17.2. The van der Waals surface area contributed by atoms with E-state index >= 15 is 0 Å². The summed E-state index contributed by atoms with van der Waals surface area (Å²) < 4.78 is 16.8. The number of phenols is 1. The maximum absolute atomic E-state index is 13.6. The van der Waals surface area contributed by atoms with E-state index in [4.69, 9.17) is 14.2 Å². The van der Waals surface area contributed by atoms with E-state index in [9.17, 15) is 45.3 Å². The number of aromatic hydroxyl groups is 1. The number of ketones is 1. The number of esters is 1. The van der Waals surface area contributed by atoms with Gasteiger partial charge in [-0.1, -0.05) is 20.8 Å². The van der Waals surface area contributed by atoms with Crippen molar-refractivity contribution in [2.24, 2.45) is 22.7 Å². The van der Waals surface area contributed by atoms with E-state index in [1.54, 1.807) is 26.8 Å². The van der Waals surface area contributed by atoms with Gasteiger partial charge in [0.2, 0.25) is 6.29 Å². The lowest BCUT2D eigenvalue weighted by Crippen LogP contribution is -2.60. The highest BCUT2D eigenvalue weighted by atomic mass is 16.7. The molecule has 1 aliphatic heterocycles. The minimum atomic E-state index is -1.91. The zero-order valence-corrected chi connectivity index (χ0v) is 29.8. The van der Waals surface area contributed by atoms with E-state index in [1.165, 1.54) is 26.0 Å². The molecule has 49 heavy (non-hydrogen) atoms. The Morgan fingerprint density at radius 1 is 1.04 bits per heavy atom. The van der Waals surface area contributed by atoms with Crippen molar-refractivity contribution < 1.29 is 59.5 Å². The molecule has 1 heterocycles. The number of fused-ring (bicyclic) bond motifs is 5. The molecule has 12 heteroatoms. The topological polar surface area (TPSA) is 203 Å². The molecular formula is C37H54O12. The van der Waals surface area contributed by atoms with Gasteiger partial charge in [0.05, 0.1) is 12.7 Å². The molecule has 0 aromatic heterocycles. The van der Waals surface area contributed by atoms with Crippen LogP contribution in [0.4, 0.5) is 0 Å². The highest BCUT2D eigenvalue weighted by Gasteiger charge is 2.71. The number of aliphatic hydroxyl groups is 6. The summed E-state index contributed by atoms with van der Waals surface area (Å²) in [4.78, 5) is 25.2. The fourth-order valence-electron chi connectivity index (χ4n) is 10.2. The summed E-state index contributed by atoms with van der Waals surface area (Å²) in [5.74, 6) is -1.97. The van der Waals surface area contributed by atoms with Gasteiger partial charge in [0.25, 0.3) is 0 Å². The van der Waals surface area contributed by atoms with Gasteiger partial charge >= 0.3 is 5.97 Å². The first kappa shape index (κ1) is 37.7. The van der Waals surface area contributed by atoms with Crippen molar-refractivity contribution in [1.29, 1.82) is 0 Å². The molecule has 7 N–H and O–H groups in total. The molecule has 0 amide bonds.